The van der Waals surface area contributed by atoms with E-state index in [4.69, 9.17) is 27.3 Å². The third-order valence-electron chi connectivity index (χ3n) is 4.49. The number of nitrogens with one attached hydrogen (secondary N) is 1. The number of amides is 3. The van der Waals surface area contributed by atoms with Crippen molar-refractivity contribution in [2.24, 2.45) is 5.16 Å². The number of carboxylic acid groups (broad SMARTS) is 1. The fourth-order valence-corrected chi connectivity index (χ4v) is 5.99. The number of hydrogen-bond acceptors (Lipinski definition) is 11. The first-order chi connectivity index (χ1) is 15.0. The van der Waals surface area contributed by atoms with Crippen molar-refractivity contribution in [1.29, 1.82) is 0 Å². The van der Waals surface area contributed by atoms with Crippen molar-refractivity contribution in [3.05, 3.63) is 21.3 Å². The second-order valence-corrected chi connectivity index (χ2v) is 9.74. The molecular weight excluding hydrogens is 488 g/mol. The molecular formula is C16H17ClN6O7S2. The number of carbonyl (C=O) groups is 4. The van der Waals surface area contributed by atoms with E-state index in [-0.39, 0.29) is 27.2 Å². The van der Waals surface area contributed by atoms with E-state index in [2.05, 4.69) is 15.5 Å². The number of nitrogen functional groups attached to an aromatic ring is 1. The average Bonchev–Trinajstić information content (AvgIpc) is 3.04. The number of fused-ring (bicyclic) bond motifs is 1. The summed E-state index contributed by atoms with van der Waals surface area (Å²) >= 11 is 8.17. The second-order valence-electron chi connectivity index (χ2n) is 6.71. The van der Waals surface area contributed by atoms with Gasteiger partial charge in [-0.1, -0.05) is 39.9 Å². The number of carbonyl (C=O) groups excluding carboxylic acids is 3. The Morgan fingerprint density at radius 1 is 1.50 bits per heavy atom. The molecule has 172 valence electrons. The standard InChI is InChI=1S/C16H17ClN6O7S2/c1-22(2)15(28)30-5-6-10(13(26)27)23-8(25)3-9(23)32-16(6,21-7(24)4-19-29)11-12(17)31-14(18)20-11/h4,9,29H,3,5H2,1-2H3,(H2,18,20)(H,21,24)(H,26,27)/b19-4-/t9-,16?/m1/s1. The molecule has 1 aromatic rings. The topological polar surface area (TPSA) is 188 Å². The van der Waals surface area contributed by atoms with Crippen LogP contribution in [0.3, 0.4) is 0 Å². The summed E-state index contributed by atoms with van der Waals surface area (Å²) in [6.07, 6.45) is -0.270. The third kappa shape index (κ3) is 4.05. The van der Waals surface area contributed by atoms with Crippen LogP contribution < -0.4 is 11.1 Å². The Hall–Kier alpha value is -3.04. The number of anilines is 1. The number of thiazole rings is 1. The largest absolute Gasteiger partial charge is 0.477 e. The molecule has 1 fully saturated rings. The Labute approximate surface area is 193 Å². The number of thioether (sulfide) groups is 1. The van der Waals surface area contributed by atoms with E-state index >= 15 is 0 Å². The van der Waals surface area contributed by atoms with Gasteiger partial charge < -0.3 is 31.0 Å². The molecule has 2 atom stereocenters. The van der Waals surface area contributed by atoms with Crippen LogP contribution in [0.25, 0.3) is 0 Å². The molecule has 1 saturated heterocycles. The number of rotatable bonds is 6. The number of ether oxygens (including phenoxy) is 1. The van der Waals surface area contributed by atoms with Gasteiger partial charge in [0.2, 0.25) is 5.91 Å². The number of oxime groups is 1. The van der Waals surface area contributed by atoms with E-state index in [9.17, 15) is 24.3 Å². The summed E-state index contributed by atoms with van der Waals surface area (Å²) in [6.45, 7) is -0.632. The van der Waals surface area contributed by atoms with Crippen molar-refractivity contribution in [3.8, 4) is 0 Å². The lowest BCUT2D eigenvalue weighted by atomic mass is 9.97. The highest BCUT2D eigenvalue weighted by atomic mass is 35.5. The highest BCUT2D eigenvalue weighted by molar-refractivity contribution is 8.01. The van der Waals surface area contributed by atoms with E-state index < -0.39 is 46.4 Å². The zero-order valence-electron chi connectivity index (χ0n) is 16.6. The Morgan fingerprint density at radius 3 is 2.69 bits per heavy atom. The molecule has 16 heteroatoms. The molecule has 3 rings (SSSR count). The van der Waals surface area contributed by atoms with Gasteiger partial charge in [-0.15, -0.1) is 0 Å². The fraction of sp³-hybridized carbons (Fsp3) is 0.375. The number of hydrogen-bond donors (Lipinski definition) is 4. The fourth-order valence-electron chi connectivity index (χ4n) is 3.16. The van der Waals surface area contributed by atoms with Gasteiger partial charge in [0.15, 0.2) is 10.0 Å². The summed E-state index contributed by atoms with van der Waals surface area (Å²) in [7, 11) is 2.84. The maximum atomic E-state index is 12.4. The molecule has 1 aromatic heterocycles. The number of carboxylic acids is 1. The quantitative estimate of drug-likeness (QED) is 0.183. The molecule has 13 nitrogen and oxygen atoms in total. The number of β-lactam (4-membered cyclic amide) rings is 1. The summed E-state index contributed by atoms with van der Waals surface area (Å²) < 4.78 is 5.25. The van der Waals surface area contributed by atoms with Crippen molar-refractivity contribution in [2.45, 2.75) is 16.7 Å². The van der Waals surface area contributed by atoms with Crippen LogP contribution >= 0.6 is 34.7 Å². The molecule has 0 saturated carbocycles. The normalized spacial score (nSPS) is 22.4. The van der Waals surface area contributed by atoms with Crippen LogP contribution in [0.4, 0.5) is 9.93 Å². The predicted molar refractivity (Wildman–Crippen MR) is 114 cm³/mol. The average molecular weight is 505 g/mol. The van der Waals surface area contributed by atoms with Crippen molar-refractivity contribution in [3.63, 3.8) is 0 Å². The lowest BCUT2D eigenvalue weighted by Gasteiger charge is -2.51. The maximum Gasteiger partial charge on any atom is 0.409 e. The van der Waals surface area contributed by atoms with Gasteiger partial charge in [-0.05, 0) is 0 Å². The highest BCUT2D eigenvalue weighted by Crippen LogP contribution is 2.55. The van der Waals surface area contributed by atoms with E-state index in [0.29, 0.717) is 6.21 Å². The SMILES string of the molecule is CN(C)C(=O)OCC1=C(C(=O)O)N2C(=O)C[C@H]2SC1(NC(=O)/C=N\O)c1nc(N)sc1Cl. The third-order valence-corrected chi connectivity index (χ3v) is 7.12. The van der Waals surface area contributed by atoms with Crippen molar-refractivity contribution < 1.29 is 34.2 Å². The van der Waals surface area contributed by atoms with Gasteiger partial charge in [-0.25, -0.2) is 14.6 Å². The van der Waals surface area contributed by atoms with Crippen LogP contribution in [0.1, 0.15) is 12.1 Å². The Morgan fingerprint density at radius 2 is 2.19 bits per heavy atom. The minimum Gasteiger partial charge on any atom is -0.477 e. The van der Waals surface area contributed by atoms with Gasteiger partial charge in [0, 0.05) is 19.7 Å². The van der Waals surface area contributed by atoms with E-state index in [1.54, 1.807) is 0 Å². The molecule has 1 unspecified atom stereocenters. The molecule has 0 radical (unpaired) electrons. The lowest BCUT2D eigenvalue weighted by molar-refractivity contribution is -0.146. The molecule has 0 bridgehead atoms. The van der Waals surface area contributed by atoms with Crippen LogP contribution in [0.5, 0.6) is 0 Å². The first kappa shape index (κ1) is 23.6. The summed E-state index contributed by atoms with van der Waals surface area (Å²) in [5, 5.41) is 23.3. The van der Waals surface area contributed by atoms with Crippen LogP contribution in [0.2, 0.25) is 4.34 Å². The Balaban J connectivity index is 2.27. The minimum absolute atomic E-state index is 0.0139. The summed E-state index contributed by atoms with van der Waals surface area (Å²) in [5.41, 5.74) is 5.10. The van der Waals surface area contributed by atoms with Gasteiger partial charge in [0.05, 0.1) is 11.8 Å². The van der Waals surface area contributed by atoms with Crippen molar-refractivity contribution in [2.75, 3.05) is 26.4 Å². The zero-order valence-corrected chi connectivity index (χ0v) is 19.0. The Bertz CT molecular complexity index is 1060. The molecule has 2 aliphatic heterocycles. The molecule has 0 aromatic carbocycles. The number of aromatic nitrogens is 1. The molecule has 3 amide bonds. The van der Waals surface area contributed by atoms with Crippen LogP contribution in [0, 0.1) is 0 Å². The van der Waals surface area contributed by atoms with E-state index in [0.717, 1.165) is 32.9 Å². The summed E-state index contributed by atoms with van der Waals surface area (Å²) in [6, 6.07) is 0. The minimum atomic E-state index is -1.80. The van der Waals surface area contributed by atoms with Crippen LogP contribution in [0.15, 0.2) is 16.4 Å². The number of aliphatic carboxylic acids is 1. The molecule has 32 heavy (non-hydrogen) atoms. The number of nitrogens with two attached hydrogens (primary N) is 1. The van der Waals surface area contributed by atoms with Crippen LogP contribution in [-0.4, -0.2) is 81.3 Å². The first-order valence-electron chi connectivity index (χ1n) is 8.74. The van der Waals surface area contributed by atoms with Crippen LogP contribution in [-0.2, 0) is 24.0 Å². The summed E-state index contributed by atoms with van der Waals surface area (Å²) in [4.78, 5) is 53.5. The smallest absolute Gasteiger partial charge is 0.409 e. The zero-order chi connectivity index (χ0) is 23.8. The maximum absolute atomic E-state index is 12.4. The first-order valence-corrected chi connectivity index (χ1v) is 10.8. The molecule has 0 spiro atoms. The monoisotopic (exact) mass is 504 g/mol. The lowest BCUT2D eigenvalue weighted by Crippen LogP contribution is -2.61. The van der Waals surface area contributed by atoms with Gasteiger partial charge in [-0.3, -0.25) is 14.5 Å². The predicted octanol–water partition coefficient (Wildman–Crippen LogP) is 0.450. The van der Waals surface area contributed by atoms with Gasteiger partial charge >= 0.3 is 12.1 Å². The summed E-state index contributed by atoms with van der Waals surface area (Å²) in [5.74, 6) is -2.88. The molecule has 2 aliphatic rings. The van der Waals surface area contributed by atoms with Gasteiger partial charge in [-0.2, -0.15) is 0 Å². The molecule has 3 heterocycles. The van der Waals surface area contributed by atoms with Crippen molar-refractivity contribution >= 4 is 69.9 Å². The number of halogens is 1. The Kier molecular flexibility index (Phi) is 6.52. The van der Waals surface area contributed by atoms with Gasteiger partial charge in [0.1, 0.15) is 28.5 Å². The van der Waals surface area contributed by atoms with E-state index in [1.165, 1.54) is 14.1 Å². The number of nitrogens with zero attached hydrogens (tertiary/aromatic N) is 4. The second kappa shape index (κ2) is 8.84. The van der Waals surface area contributed by atoms with Crippen molar-refractivity contribution in [1.82, 2.24) is 20.1 Å². The van der Waals surface area contributed by atoms with E-state index in [1.807, 2.05) is 0 Å². The van der Waals surface area contributed by atoms with Gasteiger partial charge in [0.25, 0.3) is 5.91 Å². The highest BCUT2D eigenvalue weighted by Gasteiger charge is 2.58. The molecule has 0 aliphatic carbocycles. The molecule has 5 N–H and O–H groups in total.